The van der Waals surface area contributed by atoms with Crippen LogP contribution in [-0.2, 0) is 4.74 Å². The molecule has 1 aliphatic rings. The Balaban J connectivity index is 1.83. The lowest BCUT2D eigenvalue weighted by molar-refractivity contribution is -0.00139. The minimum atomic E-state index is 0.119. The second kappa shape index (κ2) is 6.66. The summed E-state index contributed by atoms with van der Waals surface area (Å²) in [5.74, 6) is 0. The van der Waals surface area contributed by atoms with Crippen LogP contribution in [0.15, 0.2) is 28.7 Å². The van der Waals surface area contributed by atoms with Crippen molar-refractivity contribution in [2.45, 2.75) is 25.4 Å². The van der Waals surface area contributed by atoms with Gasteiger partial charge >= 0.3 is 0 Å². The molecule has 1 heterocycles. The predicted octanol–water partition coefficient (Wildman–Crippen LogP) is 2.56. The van der Waals surface area contributed by atoms with E-state index < -0.39 is 0 Å². The summed E-state index contributed by atoms with van der Waals surface area (Å²) in [4.78, 5) is 2.46. The Morgan fingerprint density at radius 3 is 2.83 bits per heavy atom. The summed E-state index contributed by atoms with van der Waals surface area (Å²) in [6.07, 6.45) is 0.992. The molecule has 1 saturated heterocycles. The maximum atomic E-state index is 6.23. The highest BCUT2D eigenvalue weighted by molar-refractivity contribution is 9.10. The summed E-state index contributed by atoms with van der Waals surface area (Å²) in [6.45, 7) is 5.96. The van der Waals surface area contributed by atoms with E-state index in [1.165, 1.54) is 5.56 Å². The molecule has 2 unspecified atom stereocenters. The van der Waals surface area contributed by atoms with Gasteiger partial charge in [0.1, 0.15) is 0 Å². The third kappa shape index (κ3) is 3.79. The molecule has 1 aliphatic heterocycles. The van der Waals surface area contributed by atoms with Crippen molar-refractivity contribution in [1.29, 1.82) is 0 Å². The van der Waals surface area contributed by atoms with Crippen LogP contribution < -0.4 is 5.73 Å². The lowest BCUT2D eigenvalue weighted by atomic mass is 10.0. The molecule has 0 spiro atoms. The van der Waals surface area contributed by atoms with Crippen LogP contribution in [0, 0.1) is 0 Å². The molecular formula is C14H21BrN2O. The molecular weight excluding hydrogens is 292 g/mol. The number of nitrogens with zero attached hydrogens (tertiary/aromatic N) is 1. The Morgan fingerprint density at radius 2 is 2.17 bits per heavy atom. The molecule has 1 aromatic rings. The van der Waals surface area contributed by atoms with Crippen molar-refractivity contribution < 1.29 is 4.74 Å². The van der Waals surface area contributed by atoms with Gasteiger partial charge in [0.15, 0.2) is 0 Å². The number of morpholine rings is 1. The summed E-state index contributed by atoms with van der Waals surface area (Å²) in [7, 11) is 0. The van der Waals surface area contributed by atoms with Crippen molar-refractivity contribution in [1.82, 2.24) is 4.90 Å². The number of halogens is 1. The molecule has 1 fully saturated rings. The van der Waals surface area contributed by atoms with Crippen LogP contribution in [0.4, 0.5) is 0 Å². The third-order valence-electron chi connectivity index (χ3n) is 3.53. The van der Waals surface area contributed by atoms with Crippen LogP contribution in [0.25, 0.3) is 0 Å². The Hall–Kier alpha value is -0.420. The van der Waals surface area contributed by atoms with Crippen LogP contribution in [0.3, 0.4) is 0 Å². The molecule has 2 rings (SSSR count). The quantitative estimate of drug-likeness (QED) is 0.928. The molecule has 0 saturated carbocycles. The maximum Gasteiger partial charge on any atom is 0.0619 e. The molecule has 3 nitrogen and oxygen atoms in total. The van der Waals surface area contributed by atoms with Gasteiger partial charge in [-0.15, -0.1) is 0 Å². The SMILES string of the molecule is CC1COCCN1CCC(N)c1ccc(Br)cc1. The average Bonchev–Trinajstić information content (AvgIpc) is 2.38. The smallest absolute Gasteiger partial charge is 0.0619 e. The van der Waals surface area contributed by atoms with Crippen molar-refractivity contribution in [2.24, 2.45) is 5.73 Å². The zero-order chi connectivity index (χ0) is 13.0. The first-order chi connectivity index (χ1) is 8.66. The first-order valence-electron chi connectivity index (χ1n) is 6.49. The number of nitrogens with two attached hydrogens (primary N) is 1. The highest BCUT2D eigenvalue weighted by Gasteiger charge is 2.19. The van der Waals surface area contributed by atoms with Crippen LogP contribution in [-0.4, -0.2) is 37.2 Å². The molecule has 0 aliphatic carbocycles. The number of rotatable bonds is 4. The van der Waals surface area contributed by atoms with Gasteiger partial charge in [0.2, 0.25) is 0 Å². The molecule has 18 heavy (non-hydrogen) atoms. The van der Waals surface area contributed by atoms with Gasteiger partial charge in [0.05, 0.1) is 13.2 Å². The van der Waals surface area contributed by atoms with E-state index in [-0.39, 0.29) is 6.04 Å². The van der Waals surface area contributed by atoms with Crippen molar-refractivity contribution in [3.8, 4) is 0 Å². The molecule has 100 valence electrons. The average molecular weight is 313 g/mol. The third-order valence-corrected chi connectivity index (χ3v) is 4.06. The second-order valence-corrected chi connectivity index (χ2v) is 5.82. The first-order valence-corrected chi connectivity index (χ1v) is 7.29. The molecule has 0 radical (unpaired) electrons. The van der Waals surface area contributed by atoms with Crippen molar-refractivity contribution in [3.63, 3.8) is 0 Å². The minimum absolute atomic E-state index is 0.119. The molecule has 1 aromatic carbocycles. The Kier molecular flexibility index (Phi) is 5.18. The topological polar surface area (TPSA) is 38.5 Å². The lowest BCUT2D eigenvalue weighted by Gasteiger charge is -2.33. The van der Waals surface area contributed by atoms with Gasteiger partial charge in [0, 0.05) is 29.6 Å². The molecule has 4 heteroatoms. The van der Waals surface area contributed by atoms with Crippen molar-refractivity contribution in [2.75, 3.05) is 26.3 Å². The Morgan fingerprint density at radius 1 is 1.44 bits per heavy atom. The largest absolute Gasteiger partial charge is 0.379 e. The van der Waals surface area contributed by atoms with Crippen LogP contribution >= 0.6 is 15.9 Å². The number of hydrogen-bond acceptors (Lipinski definition) is 3. The Labute approximate surface area is 117 Å². The van der Waals surface area contributed by atoms with E-state index in [1.807, 2.05) is 12.1 Å². The molecule has 0 aromatic heterocycles. The van der Waals surface area contributed by atoms with Gasteiger partial charge in [-0.05, 0) is 31.0 Å². The fourth-order valence-electron chi connectivity index (χ4n) is 2.28. The van der Waals surface area contributed by atoms with Crippen molar-refractivity contribution >= 4 is 15.9 Å². The van der Waals surface area contributed by atoms with E-state index in [2.05, 4.69) is 39.9 Å². The summed E-state index contributed by atoms with van der Waals surface area (Å²) in [5, 5.41) is 0. The highest BCUT2D eigenvalue weighted by Crippen LogP contribution is 2.18. The normalized spacial score (nSPS) is 22.9. The van der Waals surface area contributed by atoms with Gasteiger partial charge < -0.3 is 10.5 Å². The fourth-order valence-corrected chi connectivity index (χ4v) is 2.54. The Bertz CT molecular complexity index is 369. The van der Waals surface area contributed by atoms with Gasteiger partial charge in [-0.3, -0.25) is 4.90 Å². The van der Waals surface area contributed by atoms with E-state index in [0.29, 0.717) is 6.04 Å². The summed E-state index contributed by atoms with van der Waals surface area (Å²) >= 11 is 3.44. The maximum absolute atomic E-state index is 6.23. The number of ether oxygens (including phenoxy) is 1. The monoisotopic (exact) mass is 312 g/mol. The zero-order valence-electron chi connectivity index (χ0n) is 10.8. The highest BCUT2D eigenvalue weighted by atomic mass is 79.9. The summed E-state index contributed by atoms with van der Waals surface area (Å²) in [6, 6.07) is 8.91. The molecule has 0 amide bonds. The summed E-state index contributed by atoms with van der Waals surface area (Å²) in [5.41, 5.74) is 7.44. The predicted molar refractivity (Wildman–Crippen MR) is 77.5 cm³/mol. The van der Waals surface area contributed by atoms with Crippen molar-refractivity contribution in [3.05, 3.63) is 34.3 Å². The van der Waals surface area contributed by atoms with Crippen LogP contribution in [0.2, 0.25) is 0 Å². The zero-order valence-corrected chi connectivity index (χ0v) is 12.4. The molecule has 2 N–H and O–H groups in total. The van der Waals surface area contributed by atoms with Crippen LogP contribution in [0.5, 0.6) is 0 Å². The van der Waals surface area contributed by atoms with Gasteiger partial charge in [0.25, 0.3) is 0 Å². The van der Waals surface area contributed by atoms with Gasteiger partial charge in [-0.1, -0.05) is 28.1 Å². The van der Waals surface area contributed by atoms with E-state index in [0.717, 1.165) is 37.2 Å². The van der Waals surface area contributed by atoms with E-state index in [4.69, 9.17) is 10.5 Å². The molecule has 2 atom stereocenters. The van der Waals surface area contributed by atoms with Gasteiger partial charge in [-0.2, -0.15) is 0 Å². The van der Waals surface area contributed by atoms with E-state index in [9.17, 15) is 0 Å². The lowest BCUT2D eigenvalue weighted by Crippen LogP contribution is -2.44. The first kappa shape index (κ1) is 14.0. The summed E-state index contributed by atoms with van der Waals surface area (Å²) < 4.78 is 6.54. The number of benzene rings is 1. The second-order valence-electron chi connectivity index (χ2n) is 4.91. The number of hydrogen-bond donors (Lipinski definition) is 1. The van der Waals surface area contributed by atoms with Crippen LogP contribution in [0.1, 0.15) is 24.9 Å². The van der Waals surface area contributed by atoms with E-state index >= 15 is 0 Å². The van der Waals surface area contributed by atoms with Gasteiger partial charge in [-0.25, -0.2) is 0 Å². The fraction of sp³-hybridized carbons (Fsp3) is 0.571. The standard InChI is InChI=1S/C14H21BrN2O/c1-11-10-18-9-8-17(11)7-6-14(16)12-2-4-13(15)5-3-12/h2-5,11,14H,6-10,16H2,1H3. The molecule has 0 bridgehead atoms. The van der Waals surface area contributed by atoms with E-state index in [1.54, 1.807) is 0 Å². The minimum Gasteiger partial charge on any atom is -0.379 e.